The van der Waals surface area contributed by atoms with Crippen LogP contribution in [-0.2, 0) is 4.74 Å². The summed E-state index contributed by atoms with van der Waals surface area (Å²) in [4.78, 5) is 10.3. The number of benzene rings is 1. The third-order valence-corrected chi connectivity index (χ3v) is 5.91. The second-order valence-electron chi connectivity index (χ2n) is 7.92. The first kappa shape index (κ1) is 25.6. The first-order valence-corrected chi connectivity index (χ1v) is 11.5. The quantitative estimate of drug-likeness (QED) is 0.438. The smallest absolute Gasteiger partial charge is 0.233 e. The Morgan fingerprint density at radius 3 is 2.72 bits per heavy atom. The van der Waals surface area contributed by atoms with Crippen LogP contribution in [0.25, 0.3) is 16.5 Å². The van der Waals surface area contributed by atoms with Crippen molar-refractivity contribution in [3.05, 3.63) is 77.4 Å². The molecule has 0 aliphatic carbocycles. The Morgan fingerprint density at radius 2 is 2.06 bits per heavy atom. The van der Waals surface area contributed by atoms with Crippen molar-refractivity contribution < 1.29 is 23.4 Å². The van der Waals surface area contributed by atoms with Gasteiger partial charge in [-0.05, 0) is 24.3 Å². The summed E-state index contributed by atoms with van der Waals surface area (Å²) in [6, 6.07) is 6.19. The van der Waals surface area contributed by atoms with Gasteiger partial charge in [0.15, 0.2) is 0 Å². The van der Waals surface area contributed by atoms with Crippen molar-refractivity contribution >= 4 is 33.8 Å². The van der Waals surface area contributed by atoms with Crippen molar-refractivity contribution in [2.45, 2.75) is 12.5 Å². The fourth-order valence-electron chi connectivity index (χ4n) is 3.82. The molecular weight excluding hydrogens is 492 g/mol. The van der Waals surface area contributed by atoms with Gasteiger partial charge in [-0.15, -0.1) is 10.2 Å². The predicted molar refractivity (Wildman–Crippen MR) is 133 cm³/mol. The summed E-state index contributed by atoms with van der Waals surface area (Å²) in [5.74, 6) is -1.08. The molecule has 1 saturated heterocycles. The summed E-state index contributed by atoms with van der Waals surface area (Å²) in [5.41, 5.74) is 1.22. The molecule has 8 nitrogen and oxygen atoms in total. The molecule has 0 spiro atoms. The number of nitrogens with zero attached hydrogens (tertiary/aromatic N) is 5. The number of allylic oxidation sites excluding steroid dienone is 4. The Labute approximate surface area is 211 Å². The van der Waals surface area contributed by atoms with Crippen molar-refractivity contribution in [1.82, 2.24) is 20.2 Å². The van der Waals surface area contributed by atoms with E-state index in [1.54, 1.807) is 12.1 Å². The number of aliphatic hydroxyl groups excluding tert-OH is 1. The van der Waals surface area contributed by atoms with Crippen LogP contribution < -0.4 is 9.64 Å². The Kier molecular flexibility index (Phi) is 8.19. The van der Waals surface area contributed by atoms with Gasteiger partial charge in [0, 0.05) is 41.9 Å². The van der Waals surface area contributed by atoms with Crippen molar-refractivity contribution in [1.29, 1.82) is 0 Å². The van der Waals surface area contributed by atoms with E-state index in [0.29, 0.717) is 43.4 Å². The maximum atomic E-state index is 15.3. The molecule has 1 unspecified atom stereocenters. The van der Waals surface area contributed by atoms with Gasteiger partial charge in [0.2, 0.25) is 5.88 Å². The fraction of sp³-hybridized carbons (Fsp3) is 0.280. The van der Waals surface area contributed by atoms with Crippen LogP contribution in [0.15, 0.2) is 60.2 Å². The summed E-state index contributed by atoms with van der Waals surface area (Å²) < 4.78 is 40.9. The normalized spacial score (nSPS) is 16.0. The second kappa shape index (κ2) is 11.5. The Morgan fingerprint density at radius 1 is 1.28 bits per heavy atom. The molecule has 0 bridgehead atoms. The molecule has 0 radical (unpaired) electrons. The zero-order valence-electron chi connectivity index (χ0n) is 19.5. The van der Waals surface area contributed by atoms with E-state index in [0.717, 1.165) is 6.08 Å². The van der Waals surface area contributed by atoms with Gasteiger partial charge >= 0.3 is 0 Å². The maximum Gasteiger partial charge on any atom is 0.233 e. The lowest BCUT2D eigenvalue weighted by Gasteiger charge is -2.29. The van der Waals surface area contributed by atoms with Crippen LogP contribution in [0.3, 0.4) is 0 Å². The minimum atomic E-state index is -1.12. The number of hydrogen-bond acceptors (Lipinski definition) is 8. The van der Waals surface area contributed by atoms with Crippen LogP contribution in [0.2, 0.25) is 0 Å². The number of halogens is 3. The Bertz CT molecular complexity index is 1310. The largest absolute Gasteiger partial charge is 0.480 e. The zero-order valence-corrected chi connectivity index (χ0v) is 20.3. The highest BCUT2D eigenvalue weighted by Crippen LogP contribution is 2.33. The van der Waals surface area contributed by atoms with Crippen LogP contribution in [0, 0.1) is 5.82 Å². The van der Waals surface area contributed by atoms with E-state index in [2.05, 4.69) is 26.7 Å². The molecule has 36 heavy (non-hydrogen) atoms. The predicted octanol–water partition coefficient (Wildman–Crippen LogP) is 4.52. The Hall–Kier alpha value is -3.47. The number of fused-ring (bicyclic) bond motifs is 1. The van der Waals surface area contributed by atoms with Gasteiger partial charge in [0.05, 0.1) is 42.6 Å². The SMILES string of the molecule is C=C/C(=C(F)\C=C(\Cl)CC(O)c1ccc(OC)nn1)c1ncnc2cc(N3CCOCC3)cc(F)c12. The van der Waals surface area contributed by atoms with Crippen LogP contribution in [0.5, 0.6) is 5.88 Å². The van der Waals surface area contributed by atoms with E-state index < -0.39 is 17.7 Å². The molecule has 0 amide bonds. The molecule has 2 aromatic heterocycles. The van der Waals surface area contributed by atoms with Gasteiger partial charge < -0.3 is 19.5 Å². The van der Waals surface area contributed by atoms with Gasteiger partial charge in [-0.2, -0.15) is 0 Å². The number of morpholine rings is 1. The van der Waals surface area contributed by atoms with E-state index in [-0.39, 0.29) is 33.8 Å². The van der Waals surface area contributed by atoms with Gasteiger partial charge in [-0.3, -0.25) is 0 Å². The molecule has 4 rings (SSSR count). The van der Waals surface area contributed by atoms with Crippen LogP contribution in [0.1, 0.15) is 23.9 Å². The third kappa shape index (κ3) is 5.67. The third-order valence-electron chi connectivity index (χ3n) is 5.65. The molecule has 11 heteroatoms. The van der Waals surface area contributed by atoms with E-state index in [9.17, 15) is 5.11 Å². The molecule has 0 saturated carbocycles. The number of rotatable bonds is 8. The molecule has 3 aromatic rings. The van der Waals surface area contributed by atoms with E-state index >= 15 is 8.78 Å². The number of anilines is 1. The highest BCUT2D eigenvalue weighted by molar-refractivity contribution is 6.29. The number of methoxy groups -OCH3 is 1. The average Bonchev–Trinajstić information content (AvgIpc) is 2.89. The fourth-order valence-corrected chi connectivity index (χ4v) is 4.07. The van der Waals surface area contributed by atoms with Crippen molar-refractivity contribution in [3.63, 3.8) is 0 Å². The molecule has 3 heterocycles. The summed E-state index contributed by atoms with van der Waals surface area (Å²) >= 11 is 6.22. The van der Waals surface area contributed by atoms with Gasteiger partial charge in [0.1, 0.15) is 24.1 Å². The maximum absolute atomic E-state index is 15.3. The van der Waals surface area contributed by atoms with Gasteiger partial charge in [-0.1, -0.05) is 24.3 Å². The Balaban J connectivity index is 1.64. The molecule has 1 N–H and O–H groups in total. The topological polar surface area (TPSA) is 93.5 Å². The first-order valence-electron chi connectivity index (χ1n) is 11.1. The average molecular weight is 516 g/mol. The van der Waals surface area contributed by atoms with Crippen LogP contribution in [0.4, 0.5) is 14.5 Å². The molecule has 1 aromatic carbocycles. The van der Waals surface area contributed by atoms with Crippen molar-refractivity contribution in [3.8, 4) is 5.88 Å². The lowest BCUT2D eigenvalue weighted by Crippen LogP contribution is -2.36. The minimum Gasteiger partial charge on any atom is -0.480 e. The van der Waals surface area contributed by atoms with Crippen molar-refractivity contribution in [2.75, 3.05) is 38.3 Å². The number of aromatic nitrogens is 4. The van der Waals surface area contributed by atoms with E-state index in [1.807, 2.05) is 4.90 Å². The number of hydrogen-bond donors (Lipinski definition) is 1. The summed E-state index contributed by atoms with van der Waals surface area (Å²) in [6.45, 7) is 6.03. The van der Waals surface area contributed by atoms with Crippen molar-refractivity contribution in [2.24, 2.45) is 0 Å². The van der Waals surface area contributed by atoms with Gasteiger partial charge in [-0.25, -0.2) is 18.7 Å². The standard InChI is InChI=1S/C25H24ClF2N5O3/c1-3-17(18(27)10-15(26)11-22(34)20-4-5-23(35-2)32-31-20)25-24-19(28)12-16(13-21(24)29-14-30-25)33-6-8-36-9-7-33/h3-5,10,12-14,22,34H,1,6-9,11H2,2H3/b15-10+,18-17-. The van der Waals surface area contributed by atoms with Crippen LogP contribution in [-0.4, -0.2) is 58.7 Å². The molecule has 1 aliphatic heterocycles. The van der Waals surface area contributed by atoms with Crippen LogP contribution >= 0.6 is 11.6 Å². The second-order valence-corrected chi connectivity index (χ2v) is 8.41. The molecule has 1 fully saturated rings. The van der Waals surface area contributed by atoms with E-state index in [1.165, 1.54) is 31.6 Å². The zero-order chi connectivity index (χ0) is 25.7. The molecule has 188 valence electrons. The molecule has 1 atom stereocenters. The molecule has 1 aliphatic rings. The lowest BCUT2D eigenvalue weighted by atomic mass is 10.0. The summed E-state index contributed by atoms with van der Waals surface area (Å²) in [6.07, 6.45) is 2.27. The first-order chi connectivity index (χ1) is 17.4. The number of aliphatic hydroxyl groups is 1. The highest BCUT2D eigenvalue weighted by atomic mass is 35.5. The molecular formula is C25H24ClF2N5O3. The minimum absolute atomic E-state index is 0.00500. The van der Waals surface area contributed by atoms with E-state index in [4.69, 9.17) is 21.1 Å². The highest BCUT2D eigenvalue weighted by Gasteiger charge is 2.19. The monoisotopic (exact) mass is 515 g/mol. The van der Waals surface area contributed by atoms with Gasteiger partial charge in [0.25, 0.3) is 0 Å². The lowest BCUT2D eigenvalue weighted by molar-refractivity contribution is 0.122. The number of ether oxygens (including phenoxy) is 2. The summed E-state index contributed by atoms with van der Waals surface area (Å²) in [5, 5.41) is 18.1. The summed E-state index contributed by atoms with van der Waals surface area (Å²) in [7, 11) is 1.45.